The number of hydrogen-bond donors (Lipinski definition) is 3. The van der Waals surface area contributed by atoms with Gasteiger partial charge < -0.3 is 20.5 Å². The molecule has 0 bridgehead atoms. The number of alkyl carbamates (subject to hydrolysis) is 1. The quantitative estimate of drug-likeness (QED) is 0.681. The standard InChI is InChI=1S/C11H22N2O4.H2/c1-7(14)6-12-9(15)8(2)13-10(16)17-11(3,4)5;/h7-8,14H,6H2,1-5H3,(H,12,15)(H,13,16);1H/t7-,8-;/m0./s1. The van der Waals surface area contributed by atoms with Gasteiger partial charge in [0.15, 0.2) is 0 Å². The maximum Gasteiger partial charge on any atom is 0.408 e. The highest BCUT2D eigenvalue weighted by molar-refractivity contribution is 5.85. The Morgan fingerprint density at radius 1 is 1.35 bits per heavy atom. The molecular formula is C11H24N2O4. The van der Waals surface area contributed by atoms with Gasteiger partial charge in [-0.25, -0.2) is 4.79 Å². The predicted octanol–water partition coefficient (Wildman–Crippen LogP) is 0.643. The summed E-state index contributed by atoms with van der Waals surface area (Å²) in [5.41, 5.74) is -0.597. The first-order valence-electron chi connectivity index (χ1n) is 5.57. The summed E-state index contributed by atoms with van der Waals surface area (Å²) in [7, 11) is 0. The van der Waals surface area contributed by atoms with Crippen LogP contribution in [-0.4, -0.2) is 41.4 Å². The molecule has 102 valence electrons. The van der Waals surface area contributed by atoms with Crippen LogP contribution in [-0.2, 0) is 9.53 Å². The van der Waals surface area contributed by atoms with Gasteiger partial charge in [-0.15, -0.1) is 0 Å². The molecule has 0 aliphatic rings. The summed E-state index contributed by atoms with van der Waals surface area (Å²) < 4.78 is 5.00. The lowest BCUT2D eigenvalue weighted by Crippen LogP contribution is -2.47. The van der Waals surface area contributed by atoms with Crippen molar-refractivity contribution in [1.82, 2.24) is 10.6 Å². The van der Waals surface area contributed by atoms with E-state index in [0.29, 0.717) is 0 Å². The Balaban J connectivity index is 0. The lowest BCUT2D eigenvalue weighted by Gasteiger charge is -2.21. The van der Waals surface area contributed by atoms with Crippen molar-refractivity contribution in [3.63, 3.8) is 0 Å². The van der Waals surface area contributed by atoms with E-state index in [1.54, 1.807) is 34.6 Å². The molecule has 3 N–H and O–H groups in total. The fourth-order valence-corrected chi connectivity index (χ4v) is 0.951. The molecule has 2 atom stereocenters. The Hall–Kier alpha value is -1.30. The lowest BCUT2D eigenvalue weighted by molar-refractivity contribution is -0.123. The Labute approximate surface area is 103 Å². The van der Waals surface area contributed by atoms with Crippen LogP contribution in [0.5, 0.6) is 0 Å². The molecule has 0 aliphatic heterocycles. The van der Waals surface area contributed by atoms with E-state index in [1.165, 1.54) is 0 Å². The zero-order valence-electron chi connectivity index (χ0n) is 11.0. The monoisotopic (exact) mass is 248 g/mol. The minimum atomic E-state index is -0.705. The van der Waals surface area contributed by atoms with Gasteiger partial charge in [0.2, 0.25) is 5.91 Å². The maximum absolute atomic E-state index is 11.5. The molecule has 0 aromatic heterocycles. The Morgan fingerprint density at radius 3 is 2.29 bits per heavy atom. The molecular weight excluding hydrogens is 224 g/mol. The Kier molecular flexibility index (Phi) is 5.95. The van der Waals surface area contributed by atoms with Crippen molar-refractivity contribution in [3.8, 4) is 0 Å². The van der Waals surface area contributed by atoms with E-state index in [4.69, 9.17) is 9.84 Å². The fourth-order valence-electron chi connectivity index (χ4n) is 0.951. The number of aliphatic hydroxyl groups excluding tert-OH is 1. The molecule has 0 heterocycles. The van der Waals surface area contributed by atoms with E-state index in [-0.39, 0.29) is 13.9 Å². The summed E-state index contributed by atoms with van der Waals surface area (Å²) in [6, 6.07) is -0.705. The lowest BCUT2D eigenvalue weighted by atomic mass is 10.2. The summed E-state index contributed by atoms with van der Waals surface area (Å²) in [5, 5.41) is 13.9. The van der Waals surface area contributed by atoms with Crippen molar-refractivity contribution in [2.24, 2.45) is 0 Å². The number of rotatable bonds is 4. The fraction of sp³-hybridized carbons (Fsp3) is 0.818. The van der Waals surface area contributed by atoms with Crippen molar-refractivity contribution in [2.45, 2.75) is 52.4 Å². The Bertz CT molecular complexity index is 277. The number of carbonyl (C=O) groups is 2. The van der Waals surface area contributed by atoms with Crippen LogP contribution in [0, 0.1) is 0 Å². The summed E-state index contributed by atoms with van der Waals surface area (Å²) in [6.45, 7) is 8.48. The molecule has 0 saturated heterocycles. The van der Waals surface area contributed by atoms with E-state index in [0.717, 1.165) is 0 Å². The molecule has 0 fully saturated rings. The maximum atomic E-state index is 11.5. The van der Waals surface area contributed by atoms with E-state index in [9.17, 15) is 9.59 Å². The van der Waals surface area contributed by atoms with Crippen LogP contribution in [0.15, 0.2) is 0 Å². The molecule has 0 unspecified atom stereocenters. The van der Waals surface area contributed by atoms with E-state index < -0.39 is 23.8 Å². The van der Waals surface area contributed by atoms with Crippen LogP contribution < -0.4 is 10.6 Å². The average molecular weight is 248 g/mol. The van der Waals surface area contributed by atoms with E-state index in [1.807, 2.05) is 0 Å². The summed E-state index contributed by atoms with van der Waals surface area (Å²) in [6.07, 6.45) is -1.26. The first kappa shape index (κ1) is 15.7. The van der Waals surface area contributed by atoms with Crippen molar-refractivity contribution >= 4 is 12.0 Å². The van der Waals surface area contributed by atoms with Crippen LogP contribution >= 0.6 is 0 Å². The van der Waals surface area contributed by atoms with Gasteiger partial charge in [0.25, 0.3) is 0 Å². The van der Waals surface area contributed by atoms with Gasteiger partial charge in [0.1, 0.15) is 11.6 Å². The number of hydrogen-bond acceptors (Lipinski definition) is 4. The van der Waals surface area contributed by atoms with Gasteiger partial charge in [-0.3, -0.25) is 4.79 Å². The van der Waals surface area contributed by atoms with Crippen molar-refractivity contribution in [1.29, 1.82) is 0 Å². The van der Waals surface area contributed by atoms with Gasteiger partial charge in [0, 0.05) is 7.97 Å². The average Bonchev–Trinajstić information content (AvgIpc) is 2.10. The third-order valence-corrected chi connectivity index (χ3v) is 1.70. The topological polar surface area (TPSA) is 87.7 Å². The van der Waals surface area contributed by atoms with Gasteiger partial charge in [-0.1, -0.05) is 0 Å². The predicted molar refractivity (Wildman–Crippen MR) is 65.6 cm³/mol. The molecule has 0 aliphatic carbocycles. The molecule has 17 heavy (non-hydrogen) atoms. The van der Waals surface area contributed by atoms with E-state index >= 15 is 0 Å². The number of aliphatic hydroxyl groups is 1. The molecule has 0 radical (unpaired) electrons. The molecule has 2 amide bonds. The van der Waals surface area contributed by atoms with Gasteiger partial charge in [0.05, 0.1) is 6.10 Å². The zero-order valence-corrected chi connectivity index (χ0v) is 11.0. The third-order valence-electron chi connectivity index (χ3n) is 1.70. The van der Waals surface area contributed by atoms with E-state index in [2.05, 4.69) is 10.6 Å². The van der Waals surface area contributed by atoms with Crippen LogP contribution in [0.3, 0.4) is 0 Å². The van der Waals surface area contributed by atoms with Crippen LogP contribution in [0.4, 0.5) is 4.79 Å². The minimum absolute atomic E-state index is 0. The number of carbonyl (C=O) groups excluding carboxylic acids is 2. The largest absolute Gasteiger partial charge is 0.444 e. The molecule has 6 heteroatoms. The second-order valence-corrected chi connectivity index (χ2v) is 4.96. The van der Waals surface area contributed by atoms with Crippen LogP contribution in [0.1, 0.15) is 36.0 Å². The molecule has 0 saturated carbocycles. The normalized spacial score (nSPS) is 14.7. The van der Waals surface area contributed by atoms with Gasteiger partial charge in [-0.2, -0.15) is 0 Å². The molecule has 0 spiro atoms. The summed E-state index contributed by atoms with van der Waals surface area (Å²) >= 11 is 0. The van der Waals surface area contributed by atoms with Crippen molar-refractivity contribution in [3.05, 3.63) is 0 Å². The molecule has 6 nitrogen and oxygen atoms in total. The Morgan fingerprint density at radius 2 is 1.88 bits per heavy atom. The molecule has 0 aromatic rings. The highest BCUT2D eigenvalue weighted by Gasteiger charge is 2.20. The second-order valence-electron chi connectivity index (χ2n) is 4.96. The molecule has 0 aromatic carbocycles. The number of amides is 2. The van der Waals surface area contributed by atoms with Gasteiger partial charge in [-0.05, 0) is 34.6 Å². The number of nitrogens with one attached hydrogen (secondary N) is 2. The van der Waals surface area contributed by atoms with Crippen LogP contribution in [0.2, 0.25) is 0 Å². The smallest absolute Gasteiger partial charge is 0.408 e. The van der Waals surface area contributed by atoms with Crippen molar-refractivity contribution < 1.29 is 20.9 Å². The zero-order chi connectivity index (χ0) is 13.6. The van der Waals surface area contributed by atoms with Crippen LogP contribution in [0.25, 0.3) is 0 Å². The number of ether oxygens (including phenoxy) is 1. The first-order valence-corrected chi connectivity index (χ1v) is 5.57. The highest BCUT2D eigenvalue weighted by Crippen LogP contribution is 2.06. The second kappa shape index (κ2) is 6.44. The van der Waals surface area contributed by atoms with Crippen molar-refractivity contribution in [2.75, 3.05) is 6.54 Å². The molecule has 0 rings (SSSR count). The summed E-state index contributed by atoms with van der Waals surface area (Å²) in [4.78, 5) is 22.8. The summed E-state index contributed by atoms with van der Waals surface area (Å²) in [5.74, 6) is -0.364. The van der Waals surface area contributed by atoms with Gasteiger partial charge >= 0.3 is 6.09 Å². The minimum Gasteiger partial charge on any atom is -0.444 e. The SMILES string of the molecule is C[C@H](O)CNC(=O)[C@H](C)NC(=O)OC(C)(C)C.[HH]. The third kappa shape index (κ3) is 8.50. The first-order chi connectivity index (χ1) is 7.61. The highest BCUT2D eigenvalue weighted by atomic mass is 16.6.